The lowest BCUT2D eigenvalue weighted by Gasteiger charge is -2.13. The first-order valence-electron chi connectivity index (χ1n) is 23.2. The third-order valence-corrected chi connectivity index (χ3v) is 11.2. The molecule has 8 aromatic carbocycles. The first-order valence-corrected chi connectivity index (χ1v) is 20.7. The summed E-state index contributed by atoms with van der Waals surface area (Å²) in [6, 6.07) is 64.6. The van der Waals surface area contributed by atoms with Crippen LogP contribution in [0, 0.1) is 0 Å². The topological polar surface area (TPSA) is 56.0 Å². The third kappa shape index (κ3) is 7.60. The number of hydrogen-bond acceptors (Lipinski definition) is 4. The molecule has 0 unspecified atom stereocenters. The number of aromatic nitrogens is 5. The van der Waals surface area contributed by atoms with E-state index in [1.807, 2.05) is 128 Å². The van der Waals surface area contributed by atoms with Crippen molar-refractivity contribution < 1.29 is 6.85 Å². The number of fused-ring (bicyclic) bond motifs is 1. The number of nitrogens with zero attached hydrogens (tertiary/aromatic N) is 5. The molecular weight excluding hydrogens is 767 g/mol. The van der Waals surface area contributed by atoms with E-state index < -0.39 is 18.1 Å². The van der Waals surface area contributed by atoms with Crippen LogP contribution in [-0.2, 0) is 0 Å². The van der Waals surface area contributed by atoms with Crippen LogP contribution in [0.2, 0.25) is 0 Å². The zero-order chi connectivity index (χ0) is 46.3. The van der Waals surface area contributed by atoms with Gasteiger partial charge in [0.2, 0.25) is 0 Å². The Hall–Kier alpha value is -8.54. The van der Waals surface area contributed by atoms with Gasteiger partial charge in [-0.25, -0.2) is 19.9 Å². The molecule has 0 saturated carbocycles. The predicted molar refractivity (Wildman–Crippen MR) is 258 cm³/mol. The molecule has 0 bridgehead atoms. The van der Waals surface area contributed by atoms with Crippen LogP contribution in [0.25, 0.3) is 107 Å². The van der Waals surface area contributed by atoms with Crippen LogP contribution in [0.1, 0.15) is 6.85 Å². The van der Waals surface area contributed by atoms with Gasteiger partial charge in [-0.1, -0.05) is 200 Å². The molecule has 3 aromatic heterocycles. The first kappa shape index (κ1) is 32.3. The summed E-state index contributed by atoms with van der Waals surface area (Å²) in [6.45, 7) is 0. The second kappa shape index (κ2) is 16.5. The summed E-state index contributed by atoms with van der Waals surface area (Å²) in [4.78, 5) is 20.3. The van der Waals surface area contributed by atoms with Gasteiger partial charge >= 0.3 is 0 Å². The minimum Gasteiger partial charge on any atom is -0.299 e. The molecule has 0 spiro atoms. The maximum atomic E-state index is 9.02. The Bertz CT molecular complexity index is 3510. The average molecular weight is 811 g/mol. The molecule has 0 amide bonds. The second-order valence-electron chi connectivity index (χ2n) is 15.2. The van der Waals surface area contributed by atoms with E-state index in [4.69, 9.17) is 26.8 Å². The van der Waals surface area contributed by atoms with Crippen LogP contribution >= 0.6 is 0 Å². The molecule has 0 saturated heterocycles. The molecule has 11 aromatic rings. The Balaban J connectivity index is 1.08. The molecule has 0 fully saturated rings. The summed E-state index contributed by atoms with van der Waals surface area (Å²) in [6.07, 6.45) is 2.01. The van der Waals surface area contributed by atoms with Gasteiger partial charge in [0.25, 0.3) is 0 Å². The van der Waals surface area contributed by atoms with Crippen molar-refractivity contribution in [3.63, 3.8) is 0 Å². The zero-order valence-electron chi connectivity index (χ0n) is 38.9. The molecule has 0 aliphatic heterocycles. The molecule has 5 heteroatoms. The molecule has 11 rings (SSSR count). The standard InChI is InChI=1S/C58H39N5/c1-5-15-40(16-6-1)43-26-32-48(33-27-43)56-60-57(49-34-28-44(29-35-49)41-17-7-2-8-18-41)62-58(61-56)52-38-50(42-19-9-3-10-20-42)37-51(39-52)45-24-30-47(31-25-45)55-54(46-21-11-4-12-22-46)59-53-23-13-14-36-63(53)55/h1-39H/i3D,9D,10D,19D,20D. The van der Waals surface area contributed by atoms with Crippen LogP contribution in [-0.4, -0.2) is 24.3 Å². The van der Waals surface area contributed by atoms with Gasteiger partial charge in [0, 0.05) is 34.0 Å². The fourth-order valence-corrected chi connectivity index (χ4v) is 8.00. The molecule has 5 nitrogen and oxygen atoms in total. The smallest absolute Gasteiger partial charge is 0.164 e. The van der Waals surface area contributed by atoms with E-state index in [2.05, 4.69) is 77.2 Å². The van der Waals surface area contributed by atoms with Gasteiger partial charge in [0.05, 0.1) is 18.2 Å². The van der Waals surface area contributed by atoms with Crippen molar-refractivity contribution in [3.05, 3.63) is 237 Å². The van der Waals surface area contributed by atoms with Crippen LogP contribution in [0.5, 0.6) is 0 Å². The normalized spacial score (nSPS) is 12.3. The van der Waals surface area contributed by atoms with Gasteiger partial charge < -0.3 is 0 Å². The Labute approximate surface area is 373 Å². The summed E-state index contributed by atoms with van der Waals surface area (Å²) < 4.78 is 45.7. The van der Waals surface area contributed by atoms with Crippen LogP contribution < -0.4 is 0 Å². The first-order chi connectivity index (χ1) is 33.3. The Morgan fingerprint density at radius 2 is 0.698 bits per heavy atom. The lowest BCUT2D eigenvalue weighted by atomic mass is 9.94. The van der Waals surface area contributed by atoms with E-state index in [-0.39, 0.29) is 17.6 Å². The van der Waals surface area contributed by atoms with Crippen LogP contribution in [0.15, 0.2) is 237 Å². The number of imidazole rings is 1. The molecule has 0 radical (unpaired) electrons. The molecule has 63 heavy (non-hydrogen) atoms. The van der Waals surface area contributed by atoms with Crippen molar-refractivity contribution in [1.29, 1.82) is 0 Å². The van der Waals surface area contributed by atoms with E-state index >= 15 is 0 Å². The second-order valence-corrected chi connectivity index (χ2v) is 15.2. The summed E-state index contributed by atoms with van der Waals surface area (Å²) >= 11 is 0. The number of benzene rings is 8. The highest BCUT2D eigenvalue weighted by atomic mass is 15.0. The molecule has 0 N–H and O–H groups in total. The molecule has 296 valence electrons. The van der Waals surface area contributed by atoms with Crippen molar-refractivity contribution in [2.75, 3.05) is 0 Å². The highest BCUT2D eigenvalue weighted by Gasteiger charge is 2.18. The average Bonchev–Trinajstić information content (AvgIpc) is 3.80. The van der Waals surface area contributed by atoms with Gasteiger partial charge in [-0.3, -0.25) is 4.40 Å². The Kier molecular flexibility index (Phi) is 8.44. The maximum Gasteiger partial charge on any atom is 0.164 e. The summed E-state index contributed by atoms with van der Waals surface area (Å²) in [5, 5.41) is 0. The molecule has 0 aliphatic rings. The Morgan fingerprint density at radius 3 is 1.24 bits per heavy atom. The lowest BCUT2D eigenvalue weighted by Crippen LogP contribution is -2.00. The largest absolute Gasteiger partial charge is 0.299 e. The van der Waals surface area contributed by atoms with Crippen LogP contribution in [0.4, 0.5) is 0 Å². The maximum absolute atomic E-state index is 9.02. The van der Waals surface area contributed by atoms with E-state index in [1.54, 1.807) is 6.07 Å². The number of pyridine rings is 1. The van der Waals surface area contributed by atoms with Gasteiger partial charge in [0.1, 0.15) is 5.65 Å². The van der Waals surface area contributed by atoms with Gasteiger partial charge in [0.15, 0.2) is 17.5 Å². The highest BCUT2D eigenvalue weighted by Crippen LogP contribution is 2.37. The summed E-state index contributed by atoms with van der Waals surface area (Å²) in [7, 11) is 0. The fraction of sp³-hybridized carbons (Fsp3) is 0. The van der Waals surface area contributed by atoms with E-state index in [0.29, 0.717) is 28.6 Å². The fourth-order valence-electron chi connectivity index (χ4n) is 8.00. The van der Waals surface area contributed by atoms with E-state index in [0.717, 1.165) is 72.7 Å². The zero-order valence-corrected chi connectivity index (χ0v) is 33.9. The summed E-state index contributed by atoms with van der Waals surface area (Å²) in [5.41, 5.74) is 13.1. The van der Waals surface area contributed by atoms with Crippen molar-refractivity contribution in [2.24, 2.45) is 0 Å². The van der Waals surface area contributed by atoms with Gasteiger partial charge in [-0.15, -0.1) is 0 Å². The monoisotopic (exact) mass is 810 g/mol. The van der Waals surface area contributed by atoms with E-state index in [9.17, 15) is 0 Å². The SMILES string of the molecule is [2H]c1c([2H])c([2H])c(-c2cc(-c3ccc(-c4c(-c5ccccc5)nc5ccccn45)cc3)cc(-c3nc(-c4ccc(-c5ccccc5)cc4)nc(-c4ccc(-c5ccccc5)cc4)n3)c2)c([2H])c1[2H]. The minimum absolute atomic E-state index is 0.0801. The van der Waals surface area contributed by atoms with Crippen LogP contribution in [0.3, 0.4) is 0 Å². The quantitative estimate of drug-likeness (QED) is 0.146. The van der Waals surface area contributed by atoms with Crippen molar-refractivity contribution in [1.82, 2.24) is 24.3 Å². The predicted octanol–water partition coefficient (Wildman–Crippen LogP) is 14.5. The van der Waals surface area contributed by atoms with Gasteiger partial charge in [-0.2, -0.15) is 0 Å². The summed E-state index contributed by atoms with van der Waals surface area (Å²) in [5.74, 6) is 1.27. The minimum atomic E-state index is -0.457. The molecule has 0 atom stereocenters. The van der Waals surface area contributed by atoms with Crippen molar-refractivity contribution >= 4 is 5.65 Å². The number of rotatable bonds is 9. The van der Waals surface area contributed by atoms with Crippen molar-refractivity contribution in [3.8, 4) is 101 Å². The van der Waals surface area contributed by atoms with Crippen molar-refractivity contribution in [2.45, 2.75) is 0 Å². The van der Waals surface area contributed by atoms with Gasteiger partial charge in [-0.05, 0) is 74.8 Å². The molecule has 3 heterocycles. The molecule has 0 aliphatic carbocycles. The molecular formula is C58H39N5. The highest BCUT2D eigenvalue weighted by molar-refractivity contribution is 5.85. The lowest BCUT2D eigenvalue weighted by molar-refractivity contribution is 1.07. The number of hydrogen-bond donors (Lipinski definition) is 0. The third-order valence-electron chi connectivity index (χ3n) is 11.2. The van der Waals surface area contributed by atoms with E-state index in [1.165, 1.54) is 0 Å². The Morgan fingerprint density at radius 1 is 0.302 bits per heavy atom.